The molecule has 5 heteroatoms. The fraction of sp³-hybridized carbons (Fsp3) is 0.808. The zero-order valence-corrected chi connectivity index (χ0v) is 20.4. The van der Waals surface area contributed by atoms with Crippen molar-refractivity contribution in [2.45, 2.75) is 110 Å². The van der Waals surface area contributed by atoms with Crippen LogP contribution in [0.5, 0.6) is 0 Å². The molecule has 5 nitrogen and oxygen atoms in total. The Morgan fingerprint density at radius 3 is 2.23 bits per heavy atom. The van der Waals surface area contributed by atoms with Gasteiger partial charge in [0.2, 0.25) is 5.91 Å². The number of aliphatic hydroxyl groups excluding tert-OH is 1. The van der Waals surface area contributed by atoms with Gasteiger partial charge in [-0.1, -0.05) is 63.3 Å². The first-order valence-electron chi connectivity index (χ1n) is 12.5. The van der Waals surface area contributed by atoms with E-state index < -0.39 is 6.10 Å². The van der Waals surface area contributed by atoms with Gasteiger partial charge in [-0.3, -0.25) is 4.79 Å². The minimum Gasteiger partial charge on any atom is -0.391 e. The number of rotatable bonds is 22. The molecule has 0 spiro atoms. The Morgan fingerprint density at radius 2 is 1.55 bits per heavy atom. The van der Waals surface area contributed by atoms with E-state index in [-0.39, 0.29) is 12.0 Å². The van der Waals surface area contributed by atoms with Gasteiger partial charge in [0.05, 0.1) is 32.0 Å². The minimum atomic E-state index is -0.462. The third kappa shape index (κ3) is 25.0. The van der Waals surface area contributed by atoms with Gasteiger partial charge in [0.1, 0.15) is 0 Å². The highest BCUT2D eigenvalue weighted by molar-refractivity contribution is 5.75. The molecule has 31 heavy (non-hydrogen) atoms. The van der Waals surface area contributed by atoms with E-state index in [4.69, 9.17) is 14.6 Å². The van der Waals surface area contributed by atoms with Gasteiger partial charge >= 0.3 is 0 Å². The molecule has 0 aromatic heterocycles. The number of aliphatic hydroxyl groups is 1. The van der Waals surface area contributed by atoms with E-state index in [1.54, 1.807) is 6.92 Å². The molecule has 0 rings (SSSR count). The zero-order chi connectivity index (χ0) is 23.0. The van der Waals surface area contributed by atoms with Crippen molar-refractivity contribution >= 4 is 5.91 Å². The van der Waals surface area contributed by atoms with Crippen LogP contribution >= 0.6 is 0 Å². The van der Waals surface area contributed by atoms with Crippen molar-refractivity contribution in [3.8, 4) is 0 Å². The largest absolute Gasteiger partial charge is 0.391 e. The smallest absolute Gasteiger partial charge is 0.220 e. The van der Waals surface area contributed by atoms with Crippen LogP contribution < -0.4 is 5.32 Å². The Labute approximate surface area is 191 Å². The normalized spacial score (nSPS) is 13.8. The summed E-state index contributed by atoms with van der Waals surface area (Å²) in [5.74, 6) is 0.104. The summed E-state index contributed by atoms with van der Waals surface area (Å²) in [6, 6.07) is 0. The lowest BCUT2D eigenvalue weighted by Gasteiger charge is -2.14. The number of carbonyl (C=O) groups is 1. The van der Waals surface area contributed by atoms with Gasteiger partial charge in [0, 0.05) is 13.0 Å². The first kappa shape index (κ1) is 29.8. The molecule has 2 unspecified atom stereocenters. The van der Waals surface area contributed by atoms with Gasteiger partial charge in [-0.2, -0.15) is 0 Å². The van der Waals surface area contributed by atoms with E-state index in [1.807, 2.05) is 6.92 Å². The summed E-state index contributed by atoms with van der Waals surface area (Å²) in [5.41, 5.74) is 0. The van der Waals surface area contributed by atoms with Crippen LogP contribution in [-0.2, 0) is 14.3 Å². The topological polar surface area (TPSA) is 67.8 Å². The van der Waals surface area contributed by atoms with Crippen molar-refractivity contribution < 1.29 is 19.4 Å². The van der Waals surface area contributed by atoms with Gasteiger partial charge in [-0.05, 0) is 52.4 Å². The summed E-state index contributed by atoms with van der Waals surface area (Å²) < 4.78 is 10.9. The Balaban J connectivity index is 3.35. The van der Waals surface area contributed by atoms with E-state index in [9.17, 15) is 4.79 Å². The van der Waals surface area contributed by atoms with E-state index in [2.05, 4.69) is 36.5 Å². The van der Waals surface area contributed by atoms with E-state index in [0.717, 1.165) is 25.7 Å². The highest BCUT2D eigenvalue weighted by Gasteiger charge is 2.05. The molecular formula is C26H49NO4. The fourth-order valence-electron chi connectivity index (χ4n) is 3.05. The number of hydrogen-bond acceptors (Lipinski definition) is 4. The number of amides is 1. The quantitative estimate of drug-likeness (QED) is 0.167. The lowest BCUT2D eigenvalue weighted by molar-refractivity contribution is -0.121. The Bertz CT molecular complexity index is 449. The molecule has 0 heterocycles. The maximum Gasteiger partial charge on any atom is 0.220 e. The molecule has 0 radical (unpaired) electrons. The molecule has 0 aliphatic rings. The van der Waals surface area contributed by atoms with Gasteiger partial charge in [0.15, 0.2) is 0 Å². The Morgan fingerprint density at radius 1 is 0.903 bits per heavy atom. The predicted octanol–water partition coefficient (Wildman–Crippen LogP) is 5.72. The molecule has 2 atom stereocenters. The van der Waals surface area contributed by atoms with E-state index >= 15 is 0 Å². The number of allylic oxidation sites excluding steroid dienone is 4. The fourth-order valence-corrected chi connectivity index (χ4v) is 3.05. The zero-order valence-electron chi connectivity index (χ0n) is 20.4. The average Bonchev–Trinajstić information content (AvgIpc) is 2.74. The number of hydrogen-bond donors (Lipinski definition) is 2. The van der Waals surface area contributed by atoms with Crippen LogP contribution in [0.2, 0.25) is 0 Å². The van der Waals surface area contributed by atoms with Crippen molar-refractivity contribution in [2.24, 2.45) is 0 Å². The predicted molar refractivity (Wildman–Crippen MR) is 130 cm³/mol. The summed E-state index contributed by atoms with van der Waals surface area (Å²) in [5, 5.41) is 12.1. The second-order valence-electron chi connectivity index (χ2n) is 8.40. The van der Waals surface area contributed by atoms with Crippen LogP contribution in [0.4, 0.5) is 0 Å². The van der Waals surface area contributed by atoms with Crippen LogP contribution in [0, 0.1) is 0 Å². The van der Waals surface area contributed by atoms with Crippen molar-refractivity contribution in [3.63, 3.8) is 0 Å². The second-order valence-corrected chi connectivity index (χ2v) is 8.40. The highest BCUT2D eigenvalue weighted by atomic mass is 16.5. The lowest BCUT2D eigenvalue weighted by atomic mass is 10.1. The molecule has 0 bridgehead atoms. The molecule has 0 saturated heterocycles. The van der Waals surface area contributed by atoms with Crippen molar-refractivity contribution in [1.29, 1.82) is 0 Å². The summed E-state index contributed by atoms with van der Waals surface area (Å²) in [7, 11) is 0. The van der Waals surface area contributed by atoms with Crippen molar-refractivity contribution in [1.82, 2.24) is 5.32 Å². The van der Waals surface area contributed by atoms with Crippen LogP contribution in [0.25, 0.3) is 0 Å². The summed E-state index contributed by atoms with van der Waals surface area (Å²) in [6.45, 7) is 7.63. The molecule has 0 aliphatic heterocycles. The minimum absolute atomic E-state index is 0.0575. The summed E-state index contributed by atoms with van der Waals surface area (Å²) in [6.07, 6.45) is 22.3. The standard InChI is InChI=1S/C26H49NO4/c1-4-5-6-7-8-9-10-11-12-13-14-15-16-17-18-19-26(29)27-20-21-30-23-25(3)31-22-24(2)28/h8-9,11-12,24-25,28H,4-7,10,13-23H2,1-3H3,(H,27,29). The first-order chi connectivity index (χ1) is 15.1. The summed E-state index contributed by atoms with van der Waals surface area (Å²) >= 11 is 0. The van der Waals surface area contributed by atoms with E-state index in [0.29, 0.717) is 32.8 Å². The molecule has 0 fully saturated rings. The third-order valence-corrected chi connectivity index (χ3v) is 4.90. The van der Waals surface area contributed by atoms with Crippen molar-refractivity contribution in [2.75, 3.05) is 26.4 Å². The average molecular weight is 440 g/mol. The van der Waals surface area contributed by atoms with Gasteiger partial charge < -0.3 is 19.9 Å². The molecule has 0 aliphatic carbocycles. The van der Waals surface area contributed by atoms with Crippen LogP contribution in [-0.4, -0.2) is 49.6 Å². The maximum absolute atomic E-state index is 11.8. The molecule has 182 valence electrons. The second kappa shape index (κ2) is 23.5. The maximum atomic E-state index is 11.8. The third-order valence-electron chi connectivity index (χ3n) is 4.90. The van der Waals surface area contributed by atoms with Gasteiger partial charge in [-0.15, -0.1) is 0 Å². The molecule has 2 N–H and O–H groups in total. The highest BCUT2D eigenvalue weighted by Crippen LogP contribution is 2.08. The van der Waals surface area contributed by atoms with Crippen LogP contribution in [0.15, 0.2) is 24.3 Å². The molecule has 0 saturated carbocycles. The van der Waals surface area contributed by atoms with Crippen molar-refractivity contribution in [3.05, 3.63) is 24.3 Å². The van der Waals surface area contributed by atoms with Crippen LogP contribution in [0.3, 0.4) is 0 Å². The number of nitrogens with one attached hydrogen (secondary N) is 1. The first-order valence-corrected chi connectivity index (χ1v) is 12.5. The number of unbranched alkanes of at least 4 members (excludes halogenated alkanes) is 8. The Hall–Kier alpha value is -1.17. The molecular weight excluding hydrogens is 390 g/mol. The number of ether oxygens (including phenoxy) is 2. The number of carbonyl (C=O) groups excluding carboxylic acids is 1. The van der Waals surface area contributed by atoms with Gasteiger partial charge in [-0.25, -0.2) is 0 Å². The van der Waals surface area contributed by atoms with Gasteiger partial charge in [0.25, 0.3) is 0 Å². The SMILES string of the molecule is CCCCCC=CCC=CCCCCCCCC(=O)NCCOCC(C)OCC(C)O. The lowest BCUT2D eigenvalue weighted by Crippen LogP contribution is -2.28. The van der Waals surface area contributed by atoms with Crippen LogP contribution in [0.1, 0.15) is 97.8 Å². The monoisotopic (exact) mass is 439 g/mol. The Kier molecular flexibility index (Phi) is 22.6. The summed E-state index contributed by atoms with van der Waals surface area (Å²) in [4.78, 5) is 11.8. The molecule has 1 amide bonds. The molecule has 0 aromatic carbocycles. The van der Waals surface area contributed by atoms with E-state index in [1.165, 1.54) is 44.9 Å². The molecule has 0 aromatic rings.